The maximum absolute atomic E-state index is 11.6. The Balaban J connectivity index is 1.17. The smallest absolute Gasteiger partial charge is 0.308 e. The number of nitrogens with zero attached hydrogens (tertiary/aromatic N) is 3. The molecule has 1 saturated heterocycles. The van der Waals surface area contributed by atoms with Gasteiger partial charge in [-0.15, -0.1) is 0 Å². The van der Waals surface area contributed by atoms with Crippen molar-refractivity contribution in [1.82, 2.24) is 14.9 Å². The summed E-state index contributed by atoms with van der Waals surface area (Å²) in [5, 5.41) is 3.29. The lowest BCUT2D eigenvalue weighted by Crippen LogP contribution is -2.62. The highest BCUT2D eigenvalue weighted by Crippen LogP contribution is 2.52. The number of anilines is 3. The van der Waals surface area contributed by atoms with Crippen molar-refractivity contribution in [3.8, 4) is 11.3 Å². The normalized spacial score (nSPS) is 17.4. The lowest BCUT2D eigenvalue weighted by Gasteiger charge is -2.58. The van der Waals surface area contributed by atoms with Crippen LogP contribution >= 0.6 is 0 Å². The van der Waals surface area contributed by atoms with E-state index in [4.69, 9.17) is 10.5 Å². The molecule has 0 unspecified atom stereocenters. The molecule has 2 fully saturated rings. The number of pyridine rings is 2. The van der Waals surface area contributed by atoms with Gasteiger partial charge in [0.05, 0.1) is 42.0 Å². The maximum Gasteiger partial charge on any atom is 0.308 e. The first-order valence-corrected chi connectivity index (χ1v) is 10.9. The summed E-state index contributed by atoms with van der Waals surface area (Å²) < 4.78 is 4.85. The highest BCUT2D eigenvalue weighted by molar-refractivity contribution is 5.74. The highest BCUT2D eigenvalue weighted by atomic mass is 16.5. The number of ether oxygens (including phenoxy) is 1. The van der Waals surface area contributed by atoms with Crippen LogP contribution in [0, 0.1) is 11.3 Å². The number of nitrogens with one attached hydrogen (secondary N) is 1. The Kier molecular flexibility index (Phi) is 5.27. The van der Waals surface area contributed by atoms with Gasteiger partial charge in [0.2, 0.25) is 0 Å². The first-order valence-electron chi connectivity index (χ1n) is 10.9. The molecule has 0 bridgehead atoms. The average molecular weight is 430 g/mol. The summed E-state index contributed by atoms with van der Waals surface area (Å²) in [7, 11) is 1.47. The summed E-state index contributed by atoms with van der Waals surface area (Å²) in [6.07, 6.45) is 3.71. The van der Waals surface area contributed by atoms with E-state index in [1.54, 1.807) is 0 Å². The van der Waals surface area contributed by atoms with E-state index in [0.29, 0.717) is 16.9 Å². The van der Waals surface area contributed by atoms with Crippen LogP contribution in [0.5, 0.6) is 0 Å². The molecular formula is C25H27N5O2. The zero-order valence-corrected chi connectivity index (χ0v) is 18.1. The summed E-state index contributed by atoms with van der Waals surface area (Å²) in [6, 6.07) is 17.8. The molecule has 32 heavy (non-hydrogen) atoms. The molecular weight excluding hydrogens is 402 g/mol. The number of carbonyl (C=O) groups is 1. The van der Waals surface area contributed by atoms with Crippen LogP contribution in [0.1, 0.15) is 18.5 Å². The molecule has 164 valence electrons. The van der Waals surface area contributed by atoms with E-state index in [2.05, 4.69) is 20.2 Å². The molecule has 3 aromatic rings. The molecule has 0 radical (unpaired) electrons. The Hall–Kier alpha value is -3.45. The fraction of sp³-hybridized carbons (Fsp3) is 0.320. The third-order valence-corrected chi connectivity index (χ3v) is 6.48. The van der Waals surface area contributed by atoms with Gasteiger partial charge < -0.3 is 15.8 Å². The van der Waals surface area contributed by atoms with Gasteiger partial charge in [-0.2, -0.15) is 0 Å². The number of carbonyl (C=O) groups excluding carboxylic acids is 1. The number of aromatic nitrogens is 2. The number of nitrogen functional groups attached to an aromatic ring is 1. The minimum absolute atomic E-state index is 0.0664. The van der Waals surface area contributed by atoms with Gasteiger partial charge >= 0.3 is 5.97 Å². The molecule has 1 saturated carbocycles. The van der Waals surface area contributed by atoms with Crippen LogP contribution in [0.2, 0.25) is 0 Å². The van der Waals surface area contributed by atoms with Gasteiger partial charge in [-0.25, -0.2) is 4.98 Å². The molecule has 3 N–H and O–H groups in total. The number of hydrogen-bond acceptors (Lipinski definition) is 7. The molecule has 5 rings (SSSR count). The van der Waals surface area contributed by atoms with Gasteiger partial charge in [0.15, 0.2) is 5.82 Å². The average Bonchev–Trinajstić information content (AvgIpc) is 2.77. The highest BCUT2D eigenvalue weighted by Gasteiger charge is 2.54. The molecule has 1 aliphatic heterocycles. The van der Waals surface area contributed by atoms with Crippen LogP contribution in [-0.4, -0.2) is 41.0 Å². The predicted octanol–water partition coefficient (Wildman–Crippen LogP) is 3.85. The van der Waals surface area contributed by atoms with Crippen molar-refractivity contribution in [2.75, 3.05) is 31.2 Å². The summed E-state index contributed by atoms with van der Waals surface area (Å²) in [5.74, 6) is 0.645. The fourth-order valence-electron chi connectivity index (χ4n) is 4.89. The zero-order chi connectivity index (χ0) is 22.1. The van der Waals surface area contributed by atoms with Crippen LogP contribution in [0.3, 0.4) is 0 Å². The molecule has 1 aliphatic carbocycles. The predicted molar refractivity (Wildman–Crippen MR) is 124 cm³/mol. The zero-order valence-electron chi connectivity index (χ0n) is 18.1. The number of nitrogens with two attached hydrogens (primary N) is 1. The van der Waals surface area contributed by atoms with Gasteiger partial charge in [0, 0.05) is 25.2 Å². The van der Waals surface area contributed by atoms with E-state index in [0.717, 1.165) is 55.1 Å². The summed E-state index contributed by atoms with van der Waals surface area (Å²) >= 11 is 0. The van der Waals surface area contributed by atoms with Crippen LogP contribution in [0.25, 0.3) is 11.3 Å². The standard InChI is InChI=1S/C25H27N5O2/c1-32-24(31)18-11-25(12-18)15-30(16-25)14-20-8-7-19(13-27-20)28-23-21(26)9-10-22(29-23)17-5-3-2-4-6-17/h2-10,13,18H,11-12,14-16,26H2,1H3,(H,28,29). The Morgan fingerprint density at radius 2 is 1.94 bits per heavy atom. The van der Waals surface area contributed by atoms with Crippen molar-refractivity contribution in [2.45, 2.75) is 19.4 Å². The van der Waals surface area contributed by atoms with Gasteiger partial charge in [-0.3, -0.25) is 14.7 Å². The topological polar surface area (TPSA) is 93.4 Å². The Morgan fingerprint density at radius 3 is 2.62 bits per heavy atom. The first kappa shape index (κ1) is 20.5. The number of hydrogen-bond donors (Lipinski definition) is 2. The first-order chi connectivity index (χ1) is 15.5. The van der Waals surface area contributed by atoms with Gasteiger partial charge in [-0.05, 0) is 42.5 Å². The Labute approximate surface area is 187 Å². The Bertz CT molecular complexity index is 1100. The number of likely N-dealkylation sites (tertiary alicyclic amines) is 1. The van der Waals surface area contributed by atoms with E-state index in [1.165, 1.54) is 7.11 Å². The summed E-state index contributed by atoms with van der Waals surface area (Å²) in [5.41, 5.74) is 10.8. The van der Waals surface area contributed by atoms with E-state index >= 15 is 0 Å². The van der Waals surface area contributed by atoms with E-state index in [-0.39, 0.29) is 11.9 Å². The summed E-state index contributed by atoms with van der Waals surface area (Å²) in [6.45, 7) is 2.86. The molecule has 2 aliphatic rings. The maximum atomic E-state index is 11.6. The minimum atomic E-state index is -0.0664. The SMILES string of the molecule is COC(=O)C1CC2(C1)CN(Cc1ccc(Nc3nc(-c4ccccc4)ccc3N)cn1)C2. The molecule has 2 aromatic heterocycles. The second-order valence-electron chi connectivity index (χ2n) is 8.94. The molecule has 1 spiro atoms. The van der Waals surface area contributed by atoms with Crippen molar-refractivity contribution in [3.05, 3.63) is 66.5 Å². The molecule has 3 heterocycles. The van der Waals surface area contributed by atoms with Gasteiger partial charge in [-0.1, -0.05) is 30.3 Å². The van der Waals surface area contributed by atoms with Gasteiger partial charge in [0.1, 0.15) is 0 Å². The van der Waals surface area contributed by atoms with Crippen molar-refractivity contribution in [1.29, 1.82) is 0 Å². The number of methoxy groups -OCH3 is 1. The van der Waals surface area contributed by atoms with E-state index in [1.807, 2.05) is 60.8 Å². The molecule has 7 nitrogen and oxygen atoms in total. The fourth-order valence-corrected chi connectivity index (χ4v) is 4.89. The summed E-state index contributed by atoms with van der Waals surface area (Å²) in [4.78, 5) is 23.3. The van der Waals surface area contributed by atoms with Crippen molar-refractivity contribution in [2.24, 2.45) is 11.3 Å². The van der Waals surface area contributed by atoms with Crippen molar-refractivity contribution < 1.29 is 9.53 Å². The number of esters is 1. The Morgan fingerprint density at radius 1 is 1.16 bits per heavy atom. The third kappa shape index (κ3) is 4.03. The minimum Gasteiger partial charge on any atom is -0.469 e. The van der Waals surface area contributed by atoms with Crippen LogP contribution in [-0.2, 0) is 16.1 Å². The second kappa shape index (κ2) is 8.24. The van der Waals surface area contributed by atoms with Crippen LogP contribution < -0.4 is 11.1 Å². The van der Waals surface area contributed by atoms with Gasteiger partial charge in [0.25, 0.3) is 0 Å². The molecule has 1 aromatic carbocycles. The van der Waals surface area contributed by atoms with Crippen LogP contribution in [0.15, 0.2) is 60.8 Å². The third-order valence-electron chi connectivity index (χ3n) is 6.48. The van der Waals surface area contributed by atoms with E-state index < -0.39 is 0 Å². The molecule has 7 heteroatoms. The number of rotatable bonds is 6. The molecule has 0 atom stereocenters. The number of benzene rings is 1. The van der Waals surface area contributed by atoms with Crippen LogP contribution in [0.4, 0.5) is 17.2 Å². The van der Waals surface area contributed by atoms with Crippen molar-refractivity contribution in [3.63, 3.8) is 0 Å². The van der Waals surface area contributed by atoms with E-state index in [9.17, 15) is 4.79 Å². The lowest BCUT2D eigenvalue weighted by atomic mass is 9.57. The monoisotopic (exact) mass is 429 g/mol. The molecule has 0 amide bonds. The second-order valence-corrected chi connectivity index (χ2v) is 8.94. The lowest BCUT2D eigenvalue weighted by molar-refractivity contribution is -0.164. The van der Waals surface area contributed by atoms with Crippen molar-refractivity contribution >= 4 is 23.2 Å². The largest absolute Gasteiger partial charge is 0.469 e. The quantitative estimate of drug-likeness (QED) is 0.575.